The Morgan fingerprint density at radius 3 is 2.56 bits per heavy atom. The molecule has 0 radical (unpaired) electrons. The fourth-order valence-electron chi connectivity index (χ4n) is 2.51. The van der Waals surface area contributed by atoms with Crippen LogP contribution in [0.2, 0.25) is 0 Å². The molecule has 1 aromatic carbocycles. The van der Waals surface area contributed by atoms with Crippen LogP contribution in [-0.2, 0) is 14.8 Å². The Morgan fingerprint density at radius 1 is 1.24 bits per heavy atom. The van der Waals surface area contributed by atoms with E-state index in [1.807, 2.05) is 30.3 Å². The van der Waals surface area contributed by atoms with E-state index in [-0.39, 0.29) is 21.5 Å². The van der Waals surface area contributed by atoms with Crippen molar-refractivity contribution < 1.29 is 17.9 Å². The molecule has 0 atom stereocenters. The molecule has 1 N–H and O–H groups in total. The van der Waals surface area contributed by atoms with Gasteiger partial charge in [0.2, 0.25) is 15.4 Å². The fraction of sp³-hybridized carbons (Fsp3) is 0.400. The Kier molecular flexibility index (Phi) is 5.30. The van der Waals surface area contributed by atoms with Crippen LogP contribution < -0.4 is 10.1 Å². The molecule has 0 saturated carbocycles. The molecule has 10 heteroatoms. The Hall–Kier alpha value is -2.04. The van der Waals surface area contributed by atoms with Gasteiger partial charge >= 0.3 is 0 Å². The molecule has 1 aromatic heterocycles. The highest BCUT2D eigenvalue weighted by Gasteiger charge is 2.33. The number of nitrogens with zero attached hydrogens (tertiary/aromatic N) is 3. The first-order valence-electron chi connectivity index (χ1n) is 7.78. The maximum atomic E-state index is 12.6. The van der Waals surface area contributed by atoms with Crippen LogP contribution in [0.3, 0.4) is 0 Å². The van der Waals surface area contributed by atoms with E-state index in [9.17, 15) is 13.2 Å². The third-order valence-corrected chi connectivity index (χ3v) is 6.78. The highest BCUT2D eigenvalue weighted by Crippen LogP contribution is 2.27. The number of amides is 1. The second-order valence-electron chi connectivity index (χ2n) is 5.59. The Labute approximate surface area is 149 Å². The molecule has 3 rings (SSSR count). The zero-order chi connectivity index (χ0) is 17.9. The van der Waals surface area contributed by atoms with Crippen LogP contribution >= 0.6 is 11.3 Å². The van der Waals surface area contributed by atoms with Gasteiger partial charge in [-0.3, -0.25) is 4.79 Å². The van der Waals surface area contributed by atoms with Crippen LogP contribution in [0.4, 0.5) is 5.13 Å². The monoisotopic (exact) mass is 382 g/mol. The first kappa shape index (κ1) is 17.8. The van der Waals surface area contributed by atoms with Gasteiger partial charge in [-0.05, 0) is 25.0 Å². The summed E-state index contributed by atoms with van der Waals surface area (Å²) in [4.78, 5) is 11.0. The summed E-state index contributed by atoms with van der Waals surface area (Å²) in [5.41, 5.74) is 0. The third kappa shape index (κ3) is 4.33. The molecule has 2 aromatic rings. The van der Waals surface area contributed by atoms with Gasteiger partial charge in [0.25, 0.3) is 10.0 Å². The molecule has 0 aliphatic carbocycles. The molecule has 8 nitrogen and oxygen atoms in total. The van der Waals surface area contributed by atoms with Crippen LogP contribution in [0.1, 0.15) is 19.8 Å². The molecule has 1 saturated heterocycles. The predicted molar refractivity (Wildman–Crippen MR) is 93.1 cm³/mol. The summed E-state index contributed by atoms with van der Waals surface area (Å²) >= 11 is 0.850. The number of ether oxygens (including phenoxy) is 1. The number of sulfonamides is 1. The summed E-state index contributed by atoms with van der Waals surface area (Å²) < 4.78 is 32.4. The normalized spacial score (nSPS) is 16.5. The lowest BCUT2D eigenvalue weighted by Gasteiger charge is -2.30. The van der Waals surface area contributed by atoms with Gasteiger partial charge < -0.3 is 10.1 Å². The van der Waals surface area contributed by atoms with Crippen LogP contribution in [0.15, 0.2) is 34.7 Å². The zero-order valence-electron chi connectivity index (χ0n) is 13.6. The van der Waals surface area contributed by atoms with E-state index in [2.05, 4.69) is 15.5 Å². The predicted octanol–water partition coefficient (Wildman–Crippen LogP) is 1.73. The summed E-state index contributed by atoms with van der Waals surface area (Å²) in [5.74, 6) is 0.465. The minimum Gasteiger partial charge on any atom is -0.490 e. The van der Waals surface area contributed by atoms with Crippen molar-refractivity contribution in [2.45, 2.75) is 30.2 Å². The summed E-state index contributed by atoms with van der Waals surface area (Å²) in [6, 6.07) is 9.48. The standard InChI is InChI=1S/C15H18N4O4S2/c1-11(20)16-14-17-18-15(24-14)25(21,22)19-9-7-13(8-10-19)23-12-5-3-2-4-6-12/h2-6,13H,7-10H2,1H3,(H,16,17,20). The second-order valence-corrected chi connectivity index (χ2v) is 8.68. The number of hydrogen-bond acceptors (Lipinski definition) is 7. The van der Waals surface area contributed by atoms with Crippen molar-refractivity contribution in [1.29, 1.82) is 0 Å². The van der Waals surface area contributed by atoms with Crippen molar-refractivity contribution in [3.05, 3.63) is 30.3 Å². The number of nitrogens with one attached hydrogen (secondary N) is 1. The summed E-state index contributed by atoms with van der Waals surface area (Å²) in [6.07, 6.45) is 1.19. The van der Waals surface area contributed by atoms with Gasteiger partial charge in [-0.15, -0.1) is 10.2 Å². The number of anilines is 1. The maximum absolute atomic E-state index is 12.6. The number of carbonyl (C=O) groups is 1. The van der Waals surface area contributed by atoms with E-state index in [0.29, 0.717) is 25.9 Å². The zero-order valence-corrected chi connectivity index (χ0v) is 15.2. The molecule has 0 spiro atoms. The van der Waals surface area contributed by atoms with E-state index in [1.54, 1.807) is 0 Å². The van der Waals surface area contributed by atoms with E-state index < -0.39 is 10.0 Å². The summed E-state index contributed by atoms with van der Waals surface area (Å²) in [5, 5.41) is 10.0. The lowest BCUT2D eigenvalue weighted by atomic mass is 10.1. The molecule has 0 bridgehead atoms. The number of benzene rings is 1. The summed E-state index contributed by atoms with van der Waals surface area (Å²) in [6.45, 7) is 2.04. The number of para-hydroxylation sites is 1. The molecule has 134 valence electrons. The van der Waals surface area contributed by atoms with Crippen molar-refractivity contribution in [2.24, 2.45) is 0 Å². The van der Waals surface area contributed by atoms with Gasteiger partial charge in [-0.2, -0.15) is 4.31 Å². The number of rotatable bonds is 5. The average Bonchev–Trinajstić information content (AvgIpc) is 3.05. The number of carbonyl (C=O) groups excluding carboxylic acids is 1. The first-order chi connectivity index (χ1) is 11.9. The van der Waals surface area contributed by atoms with Gasteiger partial charge in [0.05, 0.1) is 0 Å². The molecular formula is C15H18N4O4S2. The number of aromatic nitrogens is 2. The third-order valence-electron chi connectivity index (χ3n) is 3.70. The molecule has 1 aliphatic rings. The second kappa shape index (κ2) is 7.46. The minimum absolute atomic E-state index is 0.0155. The Balaban J connectivity index is 1.61. The highest BCUT2D eigenvalue weighted by molar-refractivity contribution is 7.91. The lowest BCUT2D eigenvalue weighted by Crippen LogP contribution is -2.41. The highest BCUT2D eigenvalue weighted by atomic mass is 32.2. The first-order valence-corrected chi connectivity index (χ1v) is 10.0. The van der Waals surface area contributed by atoms with Crippen molar-refractivity contribution in [3.8, 4) is 5.75 Å². The van der Waals surface area contributed by atoms with Crippen molar-refractivity contribution in [1.82, 2.24) is 14.5 Å². The average molecular weight is 382 g/mol. The molecule has 2 heterocycles. The Bertz CT molecular complexity index is 830. The molecule has 0 unspecified atom stereocenters. The van der Waals surface area contributed by atoms with E-state index in [1.165, 1.54) is 11.2 Å². The molecule has 1 amide bonds. The number of piperidine rings is 1. The quantitative estimate of drug-likeness (QED) is 0.790. The summed E-state index contributed by atoms with van der Waals surface area (Å²) in [7, 11) is -3.70. The van der Waals surface area contributed by atoms with Crippen LogP contribution in [0.25, 0.3) is 0 Å². The number of hydrogen-bond donors (Lipinski definition) is 1. The van der Waals surface area contributed by atoms with Gasteiger partial charge in [0, 0.05) is 20.0 Å². The molecule has 1 fully saturated rings. The largest absolute Gasteiger partial charge is 0.490 e. The van der Waals surface area contributed by atoms with E-state index >= 15 is 0 Å². The fourth-order valence-corrected chi connectivity index (χ4v) is 5.06. The lowest BCUT2D eigenvalue weighted by molar-refractivity contribution is -0.114. The molecular weight excluding hydrogens is 364 g/mol. The van der Waals surface area contributed by atoms with Crippen molar-refractivity contribution >= 4 is 32.4 Å². The smallest absolute Gasteiger partial charge is 0.272 e. The van der Waals surface area contributed by atoms with E-state index in [4.69, 9.17) is 4.74 Å². The SMILES string of the molecule is CC(=O)Nc1nnc(S(=O)(=O)N2CCC(Oc3ccccc3)CC2)s1. The Morgan fingerprint density at radius 2 is 1.92 bits per heavy atom. The van der Waals surface area contributed by atoms with Crippen LogP contribution in [0.5, 0.6) is 5.75 Å². The van der Waals surface area contributed by atoms with Gasteiger partial charge in [0.15, 0.2) is 0 Å². The topological polar surface area (TPSA) is 101 Å². The van der Waals surface area contributed by atoms with Crippen LogP contribution in [-0.4, -0.2) is 48.0 Å². The minimum atomic E-state index is -3.70. The van der Waals surface area contributed by atoms with Crippen LogP contribution in [0, 0.1) is 0 Å². The van der Waals surface area contributed by atoms with Crippen molar-refractivity contribution in [3.63, 3.8) is 0 Å². The maximum Gasteiger partial charge on any atom is 0.272 e. The van der Waals surface area contributed by atoms with Crippen molar-refractivity contribution in [2.75, 3.05) is 18.4 Å². The van der Waals surface area contributed by atoms with Gasteiger partial charge in [-0.25, -0.2) is 8.42 Å². The van der Waals surface area contributed by atoms with Gasteiger partial charge in [-0.1, -0.05) is 29.5 Å². The molecule has 25 heavy (non-hydrogen) atoms. The van der Waals surface area contributed by atoms with E-state index in [0.717, 1.165) is 17.1 Å². The van der Waals surface area contributed by atoms with Gasteiger partial charge in [0.1, 0.15) is 11.9 Å². The molecule has 1 aliphatic heterocycles.